The summed E-state index contributed by atoms with van der Waals surface area (Å²) in [7, 11) is 4.74. The molecule has 1 heterocycles. The van der Waals surface area contributed by atoms with Crippen molar-refractivity contribution in [3.63, 3.8) is 0 Å². The Morgan fingerprint density at radius 3 is 2.25 bits per heavy atom. The van der Waals surface area contributed by atoms with Crippen LogP contribution >= 0.6 is 0 Å². The molecule has 2 rings (SSSR count). The first-order valence-corrected chi connectivity index (χ1v) is 11.2. The molecule has 1 aromatic carbocycles. The van der Waals surface area contributed by atoms with Gasteiger partial charge in [-0.05, 0) is 41.9 Å². The lowest BCUT2D eigenvalue weighted by Gasteiger charge is -2.39. The number of carboxylic acids is 1. The third kappa shape index (κ3) is 5.09. The molecule has 0 radical (unpaired) electrons. The monoisotopic (exact) mass is 449 g/mol. The standard InChI is InChI=1S/C25H39NO6/c1-16(2)12-25(23(28)29)13-18(14-30-6)20(15-31-7)26(25)22(27)17-9-10-19(24(3,4)5)21(11-17)32-8/h9-11,16,18,20H,12-15H2,1-8H3,(H,28,29)/t18-,20+,25+/m1/s1. The van der Waals surface area contributed by atoms with E-state index in [0.717, 1.165) is 5.56 Å². The van der Waals surface area contributed by atoms with Crippen LogP contribution in [-0.4, -0.2) is 68.0 Å². The summed E-state index contributed by atoms with van der Waals surface area (Å²) in [6, 6.07) is 4.97. The number of methoxy groups -OCH3 is 3. The van der Waals surface area contributed by atoms with E-state index in [2.05, 4.69) is 20.8 Å². The number of carbonyl (C=O) groups is 2. The lowest BCUT2D eigenvalue weighted by molar-refractivity contribution is -0.150. The molecule has 1 N–H and O–H groups in total. The van der Waals surface area contributed by atoms with Crippen LogP contribution in [0.3, 0.4) is 0 Å². The van der Waals surface area contributed by atoms with Crippen LogP contribution in [0.4, 0.5) is 0 Å². The predicted molar refractivity (Wildman–Crippen MR) is 123 cm³/mol. The van der Waals surface area contributed by atoms with Crippen molar-refractivity contribution in [3.05, 3.63) is 29.3 Å². The molecule has 7 heteroatoms. The highest BCUT2D eigenvalue weighted by Crippen LogP contribution is 2.44. The SMILES string of the molecule is COC[C@H]1C[C@@](CC(C)C)(C(=O)O)N(C(=O)c2ccc(C(C)(C)C)c(OC)c2)[C@H]1COC. The smallest absolute Gasteiger partial charge is 0.329 e. The van der Waals surface area contributed by atoms with Crippen LogP contribution in [0.15, 0.2) is 18.2 Å². The lowest BCUT2D eigenvalue weighted by Crippen LogP contribution is -2.57. The minimum atomic E-state index is -1.33. The third-order valence-corrected chi connectivity index (χ3v) is 6.27. The molecule has 1 fully saturated rings. The average molecular weight is 450 g/mol. The zero-order chi connectivity index (χ0) is 24.3. The van der Waals surface area contributed by atoms with Gasteiger partial charge in [-0.2, -0.15) is 0 Å². The number of amides is 1. The molecule has 1 aromatic rings. The third-order valence-electron chi connectivity index (χ3n) is 6.27. The van der Waals surface area contributed by atoms with Crippen molar-refractivity contribution in [1.82, 2.24) is 4.90 Å². The molecule has 1 aliphatic rings. The first-order valence-electron chi connectivity index (χ1n) is 11.2. The fraction of sp³-hybridized carbons (Fsp3) is 0.680. The highest BCUT2D eigenvalue weighted by Gasteiger charge is 2.58. The van der Waals surface area contributed by atoms with Gasteiger partial charge in [-0.15, -0.1) is 0 Å². The summed E-state index contributed by atoms with van der Waals surface area (Å²) >= 11 is 0. The quantitative estimate of drug-likeness (QED) is 0.614. The summed E-state index contributed by atoms with van der Waals surface area (Å²) in [6.45, 7) is 10.8. The molecule has 0 saturated carbocycles. The lowest BCUT2D eigenvalue weighted by atomic mass is 9.83. The number of nitrogens with zero attached hydrogens (tertiary/aromatic N) is 1. The van der Waals surface area contributed by atoms with Gasteiger partial charge in [-0.1, -0.05) is 40.7 Å². The molecular weight excluding hydrogens is 410 g/mol. The molecule has 1 aliphatic heterocycles. The average Bonchev–Trinajstić information content (AvgIpc) is 3.00. The summed E-state index contributed by atoms with van der Waals surface area (Å²) in [5.41, 5.74) is -0.0996. The molecule has 7 nitrogen and oxygen atoms in total. The van der Waals surface area contributed by atoms with Gasteiger partial charge in [0.2, 0.25) is 0 Å². The van der Waals surface area contributed by atoms with Gasteiger partial charge in [-0.25, -0.2) is 4.79 Å². The molecule has 180 valence electrons. The fourth-order valence-corrected chi connectivity index (χ4v) is 5.02. The minimum Gasteiger partial charge on any atom is -0.496 e. The van der Waals surface area contributed by atoms with Crippen molar-refractivity contribution >= 4 is 11.9 Å². The van der Waals surface area contributed by atoms with Crippen LogP contribution < -0.4 is 4.74 Å². The second-order valence-electron chi connectivity index (χ2n) is 10.2. The van der Waals surface area contributed by atoms with Crippen molar-refractivity contribution in [2.24, 2.45) is 11.8 Å². The maximum absolute atomic E-state index is 13.9. The van der Waals surface area contributed by atoms with E-state index in [1.165, 1.54) is 0 Å². The van der Waals surface area contributed by atoms with Crippen molar-refractivity contribution in [2.45, 2.75) is 64.5 Å². The Morgan fingerprint density at radius 1 is 1.16 bits per heavy atom. The first kappa shape index (κ1) is 26.1. The topological polar surface area (TPSA) is 85.3 Å². The number of aliphatic carboxylic acids is 1. The fourth-order valence-electron chi connectivity index (χ4n) is 5.02. The van der Waals surface area contributed by atoms with Gasteiger partial charge >= 0.3 is 5.97 Å². The van der Waals surface area contributed by atoms with E-state index in [9.17, 15) is 14.7 Å². The van der Waals surface area contributed by atoms with Gasteiger partial charge in [0.1, 0.15) is 11.3 Å². The number of ether oxygens (including phenoxy) is 3. The Hall–Kier alpha value is -2.12. The molecule has 0 bridgehead atoms. The second kappa shape index (κ2) is 10.2. The van der Waals surface area contributed by atoms with Crippen molar-refractivity contribution in [1.29, 1.82) is 0 Å². The first-order chi connectivity index (χ1) is 14.9. The predicted octanol–water partition coefficient (Wildman–Crippen LogP) is 3.99. The summed E-state index contributed by atoms with van der Waals surface area (Å²) in [4.78, 5) is 28.2. The summed E-state index contributed by atoms with van der Waals surface area (Å²) in [6.07, 6.45) is 0.678. The van der Waals surface area contributed by atoms with Gasteiger partial charge in [0.15, 0.2) is 0 Å². The van der Waals surface area contributed by atoms with Crippen LogP contribution in [0.1, 0.15) is 63.4 Å². The number of hydrogen-bond acceptors (Lipinski definition) is 5. The molecule has 3 atom stereocenters. The van der Waals surface area contributed by atoms with Crippen LogP contribution in [-0.2, 0) is 19.7 Å². The minimum absolute atomic E-state index is 0.0868. The number of carbonyl (C=O) groups excluding carboxylic acids is 1. The van der Waals surface area contributed by atoms with Gasteiger partial charge in [0.25, 0.3) is 5.91 Å². The number of likely N-dealkylation sites (tertiary alicyclic amines) is 1. The number of hydrogen-bond donors (Lipinski definition) is 1. The Balaban J connectivity index is 2.63. The maximum Gasteiger partial charge on any atom is 0.329 e. The van der Waals surface area contributed by atoms with Crippen molar-refractivity contribution in [2.75, 3.05) is 34.5 Å². The van der Waals surface area contributed by atoms with Crippen LogP contribution in [0.25, 0.3) is 0 Å². The number of benzene rings is 1. The highest BCUT2D eigenvalue weighted by atomic mass is 16.5. The van der Waals surface area contributed by atoms with E-state index in [1.54, 1.807) is 38.4 Å². The van der Waals surface area contributed by atoms with E-state index in [1.807, 2.05) is 19.9 Å². The van der Waals surface area contributed by atoms with E-state index < -0.39 is 17.6 Å². The van der Waals surface area contributed by atoms with Crippen LogP contribution in [0.5, 0.6) is 5.75 Å². The molecule has 32 heavy (non-hydrogen) atoms. The largest absolute Gasteiger partial charge is 0.496 e. The summed E-state index contributed by atoms with van der Waals surface area (Å²) in [5.74, 6) is -0.757. The van der Waals surface area contributed by atoms with Crippen molar-refractivity contribution < 1.29 is 28.9 Å². The van der Waals surface area contributed by atoms with E-state index in [0.29, 0.717) is 30.8 Å². The van der Waals surface area contributed by atoms with Crippen molar-refractivity contribution in [3.8, 4) is 5.75 Å². The van der Waals surface area contributed by atoms with E-state index >= 15 is 0 Å². The van der Waals surface area contributed by atoms with E-state index in [4.69, 9.17) is 14.2 Å². The second-order valence-corrected chi connectivity index (χ2v) is 10.2. The zero-order valence-electron chi connectivity index (χ0n) is 20.7. The van der Waals surface area contributed by atoms with Crippen LogP contribution in [0.2, 0.25) is 0 Å². The van der Waals surface area contributed by atoms with Gasteiger partial charge in [0, 0.05) is 25.7 Å². The Kier molecular flexibility index (Phi) is 8.34. The van der Waals surface area contributed by atoms with E-state index in [-0.39, 0.29) is 29.8 Å². The maximum atomic E-state index is 13.9. The molecule has 0 aliphatic carbocycles. The number of rotatable bonds is 9. The van der Waals surface area contributed by atoms with Crippen LogP contribution in [0, 0.1) is 11.8 Å². The Morgan fingerprint density at radius 2 is 1.78 bits per heavy atom. The normalized spacial score (nSPS) is 23.6. The van der Waals surface area contributed by atoms with Gasteiger partial charge in [0.05, 0.1) is 26.4 Å². The highest BCUT2D eigenvalue weighted by molar-refractivity contribution is 5.99. The molecule has 0 aromatic heterocycles. The molecule has 0 spiro atoms. The molecule has 1 amide bonds. The Labute approximate surface area is 192 Å². The molecule has 1 saturated heterocycles. The van der Waals surface area contributed by atoms with Gasteiger partial charge < -0.3 is 24.2 Å². The molecular formula is C25H39NO6. The summed E-state index contributed by atoms with van der Waals surface area (Å²) in [5, 5.41) is 10.4. The van der Waals surface area contributed by atoms with Gasteiger partial charge in [-0.3, -0.25) is 4.79 Å². The summed E-state index contributed by atoms with van der Waals surface area (Å²) < 4.78 is 16.4. The molecule has 0 unspecified atom stereocenters. The number of carboxylic acid groups (broad SMARTS) is 1. The zero-order valence-corrected chi connectivity index (χ0v) is 20.7. The Bertz CT molecular complexity index is 815.